The van der Waals surface area contributed by atoms with E-state index in [1.165, 1.54) is 18.1 Å². The molecule has 2 unspecified atom stereocenters. The molecule has 41 heavy (non-hydrogen) atoms. The van der Waals surface area contributed by atoms with E-state index in [4.69, 9.17) is 10.5 Å². The first-order chi connectivity index (χ1) is 19.4. The minimum Gasteiger partial charge on any atom is -0.465 e. The number of hydrogen-bond acceptors (Lipinski definition) is 6. The maximum Gasteiger partial charge on any atom is 0.337 e. The van der Waals surface area contributed by atoms with Crippen LogP contribution in [0.25, 0.3) is 0 Å². The molecule has 0 bridgehead atoms. The van der Waals surface area contributed by atoms with Crippen LogP contribution in [0.15, 0.2) is 72.8 Å². The third-order valence-electron chi connectivity index (χ3n) is 7.68. The summed E-state index contributed by atoms with van der Waals surface area (Å²) in [6, 6.07) is 18.3. The number of methoxy groups -OCH3 is 1. The molecule has 2 N–H and O–H groups in total. The Morgan fingerprint density at radius 2 is 1.66 bits per heavy atom. The van der Waals surface area contributed by atoms with Gasteiger partial charge < -0.3 is 20.3 Å². The van der Waals surface area contributed by atoms with Gasteiger partial charge in [-0.25, -0.2) is 9.18 Å². The quantitative estimate of drug-likeness (QED) is 0.299. The largest absolute Gasteiger partial charge is 0.465 e. The van der Waals surface area contributed by atoms with Crippen molar-refractivity contribution in [1.29, 1.82) is 0 Å². The van der Waals surface area contributed by atoms with Crippen molar-refractivity contribution in [2.24, 2.45) is 5.73 Å². The normalized spacial score (nSPS) is 16.4. The Labute approximate surface area is 245 Å². The summed E-state index contributed by atoms with van der Waals surface area (Å²) in [4.78, 5) is 43.3. The fourth-order valence-corrected chi connectivity index (χ4v) is 5.21. The van der Waals surface area contributed by atoms with Gasteiger partial charge in [0.25, 0.3) is 0 Å². The van der Waals surface area contributed by atoms with Gasteiger partial charge in [-0.1, -0.05) is 54.6 Å². The highest BCUT2D eigenvalue weighted by Gasteiger charge is 2.42. The molecule has 4 rings (SSSR count). The standard InChI is InChI=1S/C32H36FN3O4S/c1-20(25-11-7-8-12-26(25)33)35(18-21-13-15-22(16-14-21)31(39)40-4)29(37)27-17-23-9-5-6-10-24(23)19-36(27)30(38)28(34)32(2,3)41/h5-16,20,27-28,41H,17-19,34H2,1-4H3/t20-,27?,28?/m1/s1. The highest BCUT2D eigenvalue weighted by atomic mass is 32.1. The van der Waals surface area contributed by atoms with E-state index in [2.05, 4.69) is 12.6 Å². The monoisotopic (exact) mass is 577 g/mol. The van der Waals surface area contributed by atoms with E-state index in [1.807, 2.05) is 24.3 Å². The number of benzene rings is 3. The van der Waals surface area contributed by atoms with E-state index in [0.29, 0.717) is 17.5 Å². The second-order valence-corrected chi connectivity index (χ2v) is 12.1. The summed E-state index contributed by atoms with van der Waals surface area (Å²) in [5.41, 5.74) is 9.72. The van der Waals surface area contributed by atoms with Crippen molar-refractivity contribution in [1.82, 2.24) is 9.80 Å². The number of ether oxygens (including phenoxy) is 1. The van der Waals surface area contributed by atoms with E-state index >= 15 is 0 Å². The Bertz CT molecular complexity index is 1420. The predicted octanol–water partition coefficient (Wildman–Crippen LogP) is 4.69. The molecule has 0 aromatic heterocycles. The molecule has 0 aliphatic carbocycles. The summed E-state index contributed by atoms with van der Waals surface area (Å²) in [5.74, 6) is -1.61. The van der Waals surface area contributed by atoms with E-state index in [9.17, 15) is 18.8 Å². The topological polar surface area (TPSA) is 92.9 Å². The lowest BCUT2D eigenvalue weighted by atomic mass is 9.90. The van der Waals surface area contributed by atoms with Gasteiger partial charge in [-0.2, -0.15) is 12.6 Å². The first kappa shape index (κ1) is 30.3. The molecule has 1 aliphatic rings. The summed E-state index contributed by atoms with van der Waals surface area (Å²) in [6.45, 7) is 5.64. The molecule has 0 saturated heterocycles. The Morgan fingerprint density at radius 1 is 1.05 bits per heavy atom. The molecule has 3 aromatic carbocycles. The SMILES string of the molecule is COC(=O)c1ccc(CN(C(=O)C2Cc3ccccc3CN2C(=O)C(N)C(C)(C)S)[C@H](C)c2ccccc2F)cc1. The molecule has 3 atom stereocenters. The van der Waals surface area contributed by atoms with Crippen molar-refractivity contribution in [3.63, 3.8) is 0 Å². The summed E-state index contributed by atoms with van der Waals surface area (Å²) in [5, 5.41) is 0. The van der Waals surface area contributed by atoms with Crippen LogP contribution in [-0.4, -0.2) is 51.5 Å². The van der Waals surface area contributed by atoms with E-state index in [1.54, 1.807) is 68.1 Å². The van der Waals surface area contributed by atoms with Crippen molar-refractivity contribution in [3.8, 4) is 0 Å². The zero-order chi connectivity index (χ0) is 29.9. The minimum absolute atomic E-state index is 0.125. The molecule has 0 fully saturated rings. The lowest BCUT2D eigenvalue weighted by molar-refractivity contribution is -0.150. The molecular formula is C32H36FN3O4S. The van der Waals surface area contributed by atoms with Crippen molar-refractivity contribution in [3.05, 3.63) is 106 Å². The number of nitrogens with two attached hydrogens (primary N) is 1. The third-order valence-corrected chi connectivity index (χ3v) is 7.96. The highest BCUT2D eigenvalue weighted by Crippen LogP contribution is 2.31. The van der Waals surface area contributed by atoms with Gasteiger partial charge in [0.05, 0.1) is 24.8 Å². The van der Waals surface area contributed by atoms with Gasteiger partial charge in [-0.15, -0.1) is 0 Å². The molecule has 216 valence electrons. The summed E-state index contributed by atoms with van der Waals surface area (Å²) < 4.78 is 19.0. The zero-order valence-electron chi connectivity index (χ0n) is 23.7. The van der Waals surface area contributed by atoms with Crippen LogP contribution in [0.4, 0.5) is 4.39 Å². The molecular weight excluding hydrogens is 541 g/mol. The minimum atomic E-state index is -0.949. The number of hydrogen-bond donors (Lipinski definition) is 2. The van der Waals surface area contributed by atoms with Crippen molar-refractivity contribution >= 4 is 30.4 Å². The maximum atomic E-state index is 15.0. The van der Waals surface area contributed by atoms with Gasteiger partial charge in [0.1, 0.15) is 11.9 Å². The van der Waals surface area contributed by atoms with Gasteiger partial charge in [0.15, 0.2) is 0 Å². The van der Waals surface area contributed by atoms with Gasteiger partial charge >= 0.3 is 5.97 Å². The van der Waals surface area contributed by atoms with E-state index in [-0.39, 0.29) is 24.9 Å². The van der Waals surface area contributed by atoms with Crippen LogP contribution in [0, 0.1) is 5.82 Å². The highest BCUT2D eigenvalue weighted by molar-refractivity contribution is 7.81. The Balaban J connectivity index is 1.75. The van der Waals surface area contributed by atoms with Crippen LogP contribution in [0.3, 0.4) is 0 Å². The fraction of sp³-hybridized carbons (Fsp3) is 0.344. The number of rotatable bonds is 8. The molecule has 0 saturated carbocycles. The molecule has 9 heteroatoms. The Kier molecular flexibility index (Phi) is 9.19. The van der Waals surface area contributed by atoms with Crippen molar-refractivity contribution in [2.45, 2.75) is 63.2 Å². The van der Waals surface area contributed by atoms with E-state index < -0.39 is 34.7 Å². The molecule has 1 aliphatic heterocycles. The summed E-state index contributed by atoms with van der Waals surface area (Å²) in [7, 11) is 1.31. The Hall–Kier alpha value is -3.69. The number of carbonyl (C=O) groups is 3. The number of fused-ring (bicyclic) bond motifs is 1. The number of nitrogens with zero attached hydrogens (tertiary/aromatic N) is 2. The second kappa shape index (κ2) is 12.4. The number of amides is 2. The maximum absolute atomic E-state index is 15.0. The van der Waals surface area contributed by atoms with Gasteiger partial charge in [0, 0.05) is 29.8 Å². The average Bonchev–Trinajstić information content (AvgIpc) is 2.97. The van der Waals surface area contributed by atoms with Crippen LogP contribution in [0.5, 0.6) is 0 Å². The van der Waals surface area contributed by atoms with Crippen LogP contribution in [-0.2, 0) is 33.8 Å². The molecule has 2 amide bonds. The van der Waals surface area contributed by atoms with Crippen LogP contribution >= 0.6 is 12.6 Å². The molecule has 0 spiro atoms. The number of carbonyl (C=O) groups excluding carboxylic acids is 3. The molecule has 7 nitrogen and oxygen atoms in total. The Morgan fingerprint density at radius 3 is 2.27 bits per heavy atom. The van der Waals surface area contributed by atoms with Gasteiger partial charge in [0.2, 0.25) is 11.8 Å². The number of halogens is 1. The second-order valence-electron chi connectivity index (χ2n) is 10.9. The summed E-state index contributed by atoms with van der Waals surface area (Å²) in [6.07, 6.45) is 0.294. The summed E-state index contributed by atoms with van der Waals surface area (Å²) >= 11 is 4.53. The van der Waals surface area contributed by atoms with Gasteiger partial charge in [-0.3, -0.25) is 9.59 Å². The molecule has 1 heterocycles. The lowest BCUT2D eigenvalue weighted by Crippen LogP contribution is -2.60. The molecule has 0 radical (unpaired) electrons. The smallest absolute Gasteiger partial charge is 0.337 e. The first-order valence-corrected chi connectivity index (χ1v) is 13.9. The lowest BCUT2D eigenvalue weighted by Gasteiger charge is -2.42. The number of esters is 1. The number of thiol groups is 1. The molecule has 3 aromatic rings. The van der Waals surface area contributed by atoms with Gasteiger partial charge in [-0.05, 0) is 55.7 Å². The van der Waals surface area contributed by atoms with Crippen LogP contribution in [0.2, 0.25) is 0 Å². The fourth-order valence-electron chi connectivity index (χ4n) is 5.10. The average molecular weight is 578 g/mol. The zero-order valence-corrected chi connectivity index (χ0v) is 24.6. The van der Waals surface area contributed by atoms with Crippen molar-refractivity contribution < 1.29 is 23.5 Å². The van der Waals surface area contributed by atoms with Crippen molar-refractivity contribution in [2.75, 3.05) is 7.11 Å². The van der Waals surface area contributed by atoms with Crippen LogP contribution in [0.1, 0.15) is 59.4 Å². The predicted molar refractivity (Wildman–Crippen MR) is 159 cm³/mol. The van der Waals surface area contributed by atoms with E-state index in [0.717, 1.165) is 16.7 Å². The first-order valence-electron chi connectivity index (χ1n) is 13.5. The van der Waals surface area contributed by atoms with Crippen LogP contribution < -0.4 is 5.73 Å². The third kappa shape index (κ3) is 6.63.